The summed E-state index contributed by atoms with van der Waals surface area (Å²) in [7, 11) is 6.68. The molecule has 0 bridgehead atoms. The molecule has 0 saturated heterocycles. The molecule has 15 nitrogen and oxygen atoms in total. The summed E-state index contributed by atoms with van der Waals surface area (Å²) >= 11 is 12.4. The van der Waals surface area contributed by atoms with Crippen molar-refractivity contribution in [2.75, 3.05) is 47.9 Å². The summed E-state index contributed by atoms with van der Waals surface area (Å²) in [5.74, 6) is -3.08. The summed E-state index contributed by atoms with van der Waals surface area (Å²) in [6.45, 7) is 10.0. The molecular weight excluding hydrogens is 1030 g/mol. The number of likely N-dealkylation sites (N-methyl/N-ethyl adjacent to an activating group) is 2. The number of amides is 6. The van der Waals surface area contributed by atoms with Crippen LogP contribution >= 0.6 is 23.2 Å². The minimum atomic E-state index is -4.49. The zero-order valence-electron chi connectivity index (χ0n) is 40.8. The molecule has 1 aliphatic rings. The smallest absolute Gasteiger partial charge is 0.385 e. The number of benzene rings is 1. The first-order valence-corrected chi connectivity index (χ1v) is 22.3. The summed E-state index contributed by atoms with van der Waals surface area (Å²) in [5, 5.41) is 11.8. The standard InChI is InChI=1S/C33H51Cl2N6O6.C8H12F3NO.C3H8O.CH3.Cs/c1-8-11-29(43)37-19-30(44)41(7)27(32(46)39-25(20-42)16-21(2)3)12-9-10-15-36-31(45)22(4)38-33(47)28(40(5)6)18-23-17-24(34)13-14-26(23)35;9-8(10,11)7(6(12)13)4-2-1-3-5-7;1-3-4-2;;/h11,13-14,17,20-22,25,27-28H,8-10,12,15-16,18-19H2,1-7H3,(H,36,45)(H,37,43)(H,38,47)(H,39,46);1-5H2,(H2,12,13);3H2,1-2H3;1H3;/q-1;;;-1;+1/t22?,25-,27?,28-;;;;/m0..../s1. The van der Waals surface area contributed by atoms with Crippen molar-refractivity contribution >= 4 is 64.9 Å². The van der Waals surface area contributed by atoms with E-state index >= 15 is 0 Å². The molecule has 0 heterocycles. The number of alkyl halides is 3. The number of hydrogen-bond acceptors (Lipinski definition) is 9. The van der Waals surface area contributed by atoms with E-state index in [1.54, 1.807) is 58.2 Å². The van der Waals surface area contributed by atoms with E-state index in [9.17, 15) is 46.7 Å². The first-order chi connectivity index (χ1) is 29.9. The third-order valence-corrected chi connectivity index (χ3v) is 11.1. The van der Waals surface area contributed by atoms with Gasteiger partial charge in [-0.15, -0.1) is 0 Å². The molecule has 6 amide bonds. The molecule has 4 atom stereocenters. The number of primary amides is 1. The van der Waals surface area contributed by atoms with Gasteiger partial charge < -0.3 is 60.1 Å². The van der Waals surface area contributed by atoms with Crippen LogP contribution in [0.5, 0.6) is 0 Å². The monoisotopic (exact) mass is 1100 g/mol. The van der Waals surface area contributed by atoms with Crippen molar-refractivity contribution in [1.29, 1.82) is 0 Å². The maximum Gasteiger partial charge on any atom is 1.00 e. The Hall–Kier alpha value is -2.08. The van der Waals surface area contributed by atoms with Crippen LogP contribution in [0.1, 0.15) is 104 Å². The van der Waals surface area contributed by atoms with Gasteiger partial charge in [-0.2, -0.15) is 19.6 Å². The number of aldehydes is 1. The van der Waals surface area contributed by atoms with Crippen molar-refractivity contribution in [3.05, 3.63) is 47.7 Å². The molecule has 1 fully saturated rings. The van der Waals surface area contributed by atoms with Gasteiger partial charge in [0.2, 0.25) is 29.5 Å². The van der Waals surface area contributed by atoms with Crippen LogP contribution in [0.15, 0.2) is 18.2 Å². The van der Waals surface area contributed by atoms with Crippen LogP contribution in [0.2, 0.25) is 10.0 Å². The molecule has 6 N–H and O–H groups in total. The second-order valence-corrected chi connectivity index (χ2v) is 17.1. The van der Waals surface area contributed by atoms with Gasteiger partial charge in [-0.05, 0) is 103 Å². The van der Waals surface area contributed by atoms with E-state index in [0.717, 1.165) is 13.0 Å². The number of hydrogen-bond donors (Lipinski definition) is 5. The normalized spacial score (nSPS) is 14.6. The van der Waals surface area contributed by atoms with Gasteiger partial charge in [0, 0.05) is 37.4 Å². The summed E-state index contributed by atoms with van der Waals surface area (Å²) in [5.41, 5.74) is 3.30. The Balaban J connectivity index is -0.00000174. The Labute approximate surface area is 459 Å². The predicted octanol–water partition coefficient (Wildman–Crippen LogP) is 2.64. The largest absolute Gasteiger partial charge is 1.00 e. The molecule has 2 rings (SSSR count). The zero-order chi connectivity index (χ0) is 49.2. The minimum Gasteiger partial charge on any atom is -0.385 e. The Morgan fingerprint density at radius 1 is 0.924 bits per heavy atom. The van der Waals surface area contributed by atoms with Crippen LogP contribution in [-0.4, -0.2) is 130 Å². The number of rotatable bonds is 23. The van der Waals surface area contributed by atoms with Gasteiger partial charge in [0.15, 0.2) is 0 Å². The third kappa shape index (κ3) is 25.5. The van der Waals surface area contributed by atoms with E-state index in [0.29, 0.717) is 66.8 Å². The van der Waals surface area contributed by atoms with Gasteiger partial charge >= 0.3 is 75.1 Å². The average molecular weight is 1100 g/mol. The molecule has 1 aliphatic carbocycles. The first-order valence-electron chi connectivity index (χ1n) is 21.6. The fourth-order valence-electron chi connectivity index (χ4n) is 6.60. The van der Waals surface area contributed by atoms with Crippen molar-refractivity contribution in [2.45, 2.75) is 136 Å². The second kappa shape index (κ2) is 35.9. The van der Waals surface area contributed by atoms with Crippen molar-refractivity contribution in [3.63, 3.8) is 0 Å². The predicted molar refractivity (Wildman–Crippen MR) is 248 cm³/mol. The Bertz CT molecular complexity index is 1640. The van der Waals surface area contributed by atoms with Gasteiger partial charge in [0.1, 0.15) is 23.8 Å². The molecular formula is C45H74Cl2CsF3N7O8-. The minimum absolute atomic E-state index is 0. The molecule has 2 unspecified atom stereocenters. The van der Waals surface area contributed by atoms with E-state index < -0.39 is 53.5 Å². The van der Waals surface area contributed by atoms with E-state index in [1.165, 1.54) is 18.4 Å². The molecule has 0 aliphatic heterocycles. The van der Waals surface area contributed by atoms with Crippen LogP contribution in [-0.2, 0) is 44.7 Å². The molecule has 374 valence electrons. The van der Waals surface area contributed by atoms with Crippen molar-refractivity contribution < 1.29 is 120 Å². The number of nitrogens with two attached hydrogens (primary N) is 1. The van der Waals surface area contributed by atoms with Crippen LogP contribution in [0.4, 0.5) is 13.2 Å². The van der Waals surface area contributed by atoms with E-state index in [1.807, 2.05) is 20.8 Å². The van der Waals surface area contributed by atoms with Gasteiger partial charge in [0.25, 0.3) is 0 Å². The Morgan fingerprint density at radius 2 is 1.50 bits per heavy atom. The van der Waals surface area contributed by atoms with Gasteiger partial charge in [-0.25, -0.2) is 0 Å². The number of methoxy groups -OCH3 is 1. The summed E-state index contributed by atoms with van der Waals surface area (Å²) in [6.07, 6.45) is 1.41. The molecule has 0 aromatic heterocycles. The fraction of sp³-hybridized carbons (Fsp3) is 0.667. The Kier molecular flexibility index (Phi) is 37.1. The van der Waals surface area contributed by atoms with Crippen LogP contribution in [0.25, 0.3) is 0 Å². The van der Waals surface area contributed by atoms with Crippen molar-refractivity contribution in [1.82, 2.24) is 31.1 Å². The number of nitrogens with zero attached hydrogens (tertiary/aromatic N) is 2. The van der Waals surface area contributed by atoms with Gasteiger partial charge in [-0.3, -0.25) is 28.9 Å². The quantitative estimate of drug-likeness (QED) is 0.0620. The van der Waals surface area contributed by atoms with Crippen molar-refractivity contribution in [2.24, 2.45) is 17.1 Å². The van der Waals surface area contributed by atoms with Crippen molar-refractivity contribution in [3.8, 4) is 0 Å². The summed E-state index contributed by atoms with van der Waals surface area (Å²) < 4.78 is 42.2. The number of carbonyl (C=O) groups excluding carboxylic acids is 7. The number of nitrogens with one attached hydrogen (secondary N) is 4. The van der Waals surface area contributed by atoms with E-state index in [4.69, 9.17) is 28.9 Å². The van der Waals surface area contributed by atoms with E-state index in [2.05, 4.69) is 26.0 Å². The molecule has 0 radical (unpaired) electrons. The molecule has 0 spiro atoms. The molecule has 1 aromatic carbocycles. The fourth-order valence-corrected chi connectivity index (χ4v) is 6.99. The van der Waals surface area contributed by atoms with E-state index in [-0.39, 0.29) is 132 Å². The van der Waals surface area contributed by atoms with Gasteiger partial charge in [-0.1, -0.05) is 63.2 Å². The average Bonchev–Trinajstić information content (AvgIpc) is 3.23. The molecule has 21 heteroatoms. The number of ether oxygens (including phenoxy) is 1. The molecule has 66 heavy (non-hydrogen) atoms. The maximum absolute atomic E-state index is 13.2. The number of halogens is 5. The topological polar surface area (TPSA) is 209 Å². The number of carbonyl (C=O) groups is 7. The molecule has 1 aromatic rings. The zero-order valence-corrected chi connectivity index (χ0v) is 48.6. The summed E-state index contributed by atoms with van der Waals surface area (Å²) in [6, 6.07) is 2.05. The summed E-state index contributed by atoms with van der Waals surface area (Å²) in [4.78, 5) is 89.1. The first kappa shape index (κ1) is 68.2. The van der Waals surface area contributed by atoms with Gasteiger partial charge in [0.05, 0.1) is 24.5 Å². The van der Waals surface area contributed by atoms with Crippen LogP contribution < -0.4 is 95.9 Å². The second-order valence-electron chi connectivity index (χ2n) is 16.2. The molecule has 1 saturated carbocycles. The SMILES string of the molecule is CCOC.CC[CH-]C(=O)NCC(=O)N(C)C(CCCCNC(=O)C(C)NC(=O)[C@H](Cc1cc(Cl)ccc1Cl)N(C)C)C(=O)N[C@H](C=O)CC(C)C.NC(=O)C1(C(F)(F)F)CCCCC1.[CH3-].[Cs+]. The van der Waals surface area contributed by atoms with Crippen LogP contribution in [0.3, 0.4) is 0 Å². The Morgan fingerprint density at radius 3 is 1.97 bits per heavy atom. The third-order valence-electron chi connectivity index (χ3n) is 10.5. The number of unbranched alkanes of at least 4 members (excludes halogenated alkanes) is 1. The maximum atomic E-state index is 13.2. The van der Waals surface area contributed by atoms with Crippen LogP contribution in [0, 0.1) is 25.2 Å².